The number of methoxy groups -OCH3 is 1. The number of para-hydroxylation sites is 1. The Labute approximate surface area is 122 Å². The number of carbonyl (C=O) groups is 1. The standard InChI is InChI=1S/C15H18N2O2S/c1-3-10-7-8-20-13(10)9-17-14-11(15(18)19-2)5-4-6-12(14)16/h4-8,17H,3,9,16H2,1-2H3. The van der Waals surface area contributed by atoms with Crippen molar-refractivity contribution in [2.45, 2.75) is 19.9 Å². The summed E-state index contributed by atoms with van der Waals surface area (Å²) in [7, 11) is 1.36. The first-order valence-electron chi connectivity index (χ1n) is 6.43. The predicted octanol–water partition coefficient (Wildman–Crippen LogP) is 3.29. The van der Waals surface area contributed by atoms with Crippen LogP contribution >= 0.6 is 11.3 Å². The van der Waals surface area contributed by atoms with Gasteiger partial charge in [0, 0.05) is 11.4 Å². The Kier molecular flexibility index (Phi) is 4.63. The number of anilines is 2. The van der Waals surface area contributed by atoms with Crippen LogP contribution in [0.25, 0.3) is 0 Å². The van der Waals surface area contributed by atoms with E-state index in [1.54, 1.807) is 29.5 Å². The Hall–Kier alpha value is -2.01. The van der Waals surface area contributed by atoms with Crippen LogP contribution in [0, 0.1) is 0 Å². The zero-order chi connectivity index (χ0) is 14.5. The van der Waals surface area contributed by atoms with E-state index in [4.69, 9.17) is 10.5 Å². The Bertz CT molecular complexity index is 608. The third kappa shape index (κ3) is 2.93. The second-order valence-electron chi connectivity index (χ2n) is 4.34. The van der Waals surface area contributed by atoms with Crippen molar-refractivity contribution in [3.63, 3.8) is 0 Å². The minimum absolute atomic E-state index is 0.387. The number of ether oxygens (including phenoxy) is 1. The second-order valence-corrected chi connectivity index (χ2v) is 5.34. The number of hydrogen-bond donors (Lipinski definition) is 2. The SMILES string of the molecule is CCc1ccsc1CNc1c(N)cccc1C(=O)OC. The molecule has 0 bridgehead atoms. The van der Waals surface area contributed by atoms with E-state index in [2.05, 4.69) is 23.7 Å². The Morgan fingerprint density at radius 2 is 2.20 bits per heavy atom. The first-order chi connectivity index (χ1) is 9.67. The number of aryl methyl sites for hydroxylation is 1. The van der Waals surface area contributed by atoms with Crippen molar-refractivity contribution in [3.8, 4) is 0 Å². The van der Waals surface area contributed by atoms with Gasteiger partial charge in [0.15, 0.2) is 0 Å². The monoisotopic (exact) mass is 290 g/mol. The highest BCUT2D eigenvalue weighted by molar-refractivity contribution is 7.10. The number of rotatable bonds is 5. The van der Waals surface area contributed by atoms with E-state index in [1.807, 2.05) is 0 Å². The maximum atomic E-state index is 11.8. The van der Waals surface area contributed by atoms with Crippen molar-refractivity contribution in [2.24, 2.45) is 0 Å². The lowest BCUT2D eigenvalue weighted by Gasteiger charge is -2.13. The van der Waals surface area contributed by atoms with Gasteiger partial charge in [0.05, 0.1) is 24.0 Å². The van der Waals surface area contributed by atoms with Crippen LogP contribution in [-0.2, 0) is 17.7 Å². The second kappa shape index (κ2) is 6.43. The molecule has 0 amide bonds. The van der Waals surface area contributed by atoms with Crippen LogP contribution in [0.5, 0.6) is 0 Å². The predicted molar refractivity (Wildman–Crippen MR) is 83.2 cm³/mol. The molecule has 5 heteroatoms. The minimum atomic E-state index is -0.387. The lowest BCUT2D eigenvalue weighted by molar-refractivity contribution is 0.0602. The molecule has 2 aromatic rings. The summed E-state index contributed by atoms with van der Waals surface area (Å²) in [4.78, 5) is 13.0. The molecule has 0 aliphatic heterocycles. The zero-order valence-electron chi connectivity index (χ0n) is 11.6. The molecular formula is C15H18N2O2S. The average Bonchev–Trinajstić information content (AvgIpc) is 2.92. The van der Waals surface area contributed by atoms with Crippen LogP contribution in [-0.4, -0.2) is 13.1 Å². The van der Waals surface area contributed by atoms with Gasteiger partial charge in [-0.1, -0.05) is 13.0 Å². The van der Waals surface area contributed by atoms with Gasteiger partial charge < -0.3 is 15.8 Å². The normalized spacial score (nSPS) is 10.3. The van der Waals surface area contributed by atoms with E-state index in [0.717, 1.165) is 6.42 Å². The molecule has 1 aromatic carbocycles. The summed E-state index contributed by atoms with van der Waals surface area (Å²) in [5, 5.41) is 5.33. The van der Waals surface area contributed by atoms with E-state index in [1.165, 1.54) is 17.6 Å². The number of esters is 1. The van der Waals surface area contributed by atoms with E-state index in [0.29, 0.717) is 23.5 Å². The van der Waals surface area contributed by atoms with E-state index < -0.39 is 0 Å². The topological polar surface area (TPSA) is 64.3 Å². The number of carbonyl (C=O) groups excluding carboxylic acids is 1. The molecule has 20 heavy (non-hydrogen) atoms. The lowest BCUT2D eigenvalue weighted by atomic mass is 10.1. The molecule has 3 N–H and O–H groups in total. The molecule has 0 saturated carbocycles. The highest BCUT2D eigenvalue weighted by Crippen LogP contribution is 2.26. The number of benzene rings is 1. The third-order valence-corrected chi connectivity index (χ3v) is 4.11. The van der Waals surface area contributed by atoms with Gasteiger partial charge in [-0.2, -0.15) is 0 Å². The van der Waals surface area contributed by atoms with Gasteiger partial charge in [0.1, 0.15) is 0 Å². The number of thiophene rings is 1. The number of nitrogens with one attached hydrogen (secondary N) is 1. The van der Waals surface area contributed by atoms with Gasteiger partial charge in [0.25, 0.3) is 0 Å². The molecule has 0 radical (unpaired) electrons. The molecule has 1 aromatic heterocycles. The van der Waals surface area contributed by atoms with E-state index in [-0.39, 0.29) is 5.97 Å². The highest BCUT2D eigenvalue weighted by atomic mass is 32.1. The fourth-order valence-corrected chi connectivity index (χ4v) is 2.97. The van der Waals surface area contributed by atoms with Gasteiger partial charge in [-0.25, -0.2) is 4.79 Å². The molecule has 0 aliphatic carbocycles. The van der Waals surface area contributed by atoms with Crippen LogP contribution in [0.3, 0.4) is 0 Å². The van der Waals surface area contributed by atoms with Crippen molar-refractivity contribution in [2.75, 3.05) is 18.2 Å². The Morgan fingerprint density at radius 1 is 1.40 bits per heavy atom. The molecule has 2 rings (SSSR count). The third-order valence-electron chi connectivity index (χ3n) is 3.15. The van der Waals surface area contributed by atoms with Crippen molar-refractivity contribution >= 4 is 28.7 Å². The molecule has 0 aliphatic rings. The maximum absolute atomic E-state index is 11.8. The fourth-order valence-electron chi connectivity index (χ4n) is 2.05. The van der Waals surface area contributed by atoms with Crippen LogP contribution in [0.2, 0.25) is 0 Å². The summed E-state index contributed by atoms with van der Waals surface area (Å²) in [5.74, 6) is -0.387. The summed E-state index contributed by atoms with van der Waals surface area (Å²) in [5.41, 5.74) is 8.91. The van der Waals surface area contributed by atoms with Crippen LogP contribution < -0.4 is 11.1 Å². The van der Waals surface area contributed by atoms with Gasteiger partial charge in [-0.15, -0.1) is 11.3 Å². The average molecular weight is 290 g/mol. The first-order valence-corrected chi connectivity index (χ1v) is 7.31. The van der Waals surface area contributed by atoms with Gasteiger partial charge in [-0.05, 0) is 35.6 Å². The molecule has 106 valence electrons. The summed E-state index contributed by atoms with van der Waals surface area (Å²) >= 11 is 1.70. The summed E-state index contributed by atoms with van der Waals surface area (Å²) in [6.07, 6.45) is 0.995. The highest BCUT2D eigenvalue weighted by Gasteiger charge is 2.14. The number of nitrogens with two attached hydrogens (primary N) is 1. The lowest BCUT2D eigenvalue weighted by Crippen LogP contribution is -2.10. The Balaban J connectivity index is 2.23. The van der Waals surface area contributed by atoms with Gasteiger partial charge in [-0.3, -0.25) is 0 Å². The molecule has 0 fully saturated rings. The zero-order valence-corrected chi connectivity index (χ0v) is 12.4. The largest absolute Gasteiger partial charge is 0.465 e. The maximum Gasteiger partial charge on any atom is 0.340 e. The number of hydrogen-bond acceptors (Lipinski definition) is 5. The Morgan fingerprint density at radius 3 is 2.90 bits per heavy atom. The minimum Gasteiger partial charge on any atom is -0.465 e. The van der Waals surface area contributed by atoms with E-state index in [9.17, 15) is 4.79 Å². The molecule has 1 heterocycles. The molecular weight excluding hydrogens is 272 g/mol. The molecule has 4 nitrogen and oxygen atoms in total. The fraction of sp³-hybridized carbons (Fsp3) is 0.267. The van der Waals surface area contributed by atoms with Crippen molar-refractivity contribution in [1.82, 2.24) is 0 Å². The molecule has 0 atom stereocenters. The first kappa shape index (κ1) is 14.4. The van der Waals surface area contributed by atoms with Gasteiger partial charge in [0.2, 0.25) is 0 Å². The van der Waals surface area contributed by atoms with E-state index >= 15 is 0 Å². The smallest absolute Gasteiger partial charge is 0.340 e. The summed E-state index contributed by atoms with van der Waals surface area (Å²) in [6, 6.07) is 7.34. The quantitative estimate of drug-likeness (QED) is 0.655. The summed E-state index contributed by atoms with van der Waals surface area (Å²) in [6.45, 7) is 2.78. The van der Waals surface area contributed by atoms with Crippen LogP contribution in [0.1, 0.15) is 27.7 Å². The van der Waals surface area contributed by atoms with Crippen molar-refractivity contribution in [3.05, 3.63) is 45.6 Å². The van der Waals surface area contributed by atoms with Gasteiger partial charge >= 0.3 is 5.97 Å². The number of nitrogen functional groups attached to an aromatic ring is 1. The van der Waals surface area contributed by atoms with Crippen LogP contribution in [0.4, 0.5) is 11.4 Å². The molecule has 0 saturated heterocycles. The summed E-state index contributed by atoms with van der Waals surface area (Å²) < 4.78 is 4.78. The molecule has 0 spiro atoms. The molecule has 0 unspecified atom stereocenters. The van der Waals surface area contributed by atoms with Crippen molar-refractivity contribution < 1.29 is 9.53 Å². The van der Waals surface area contributed by atoms with Crippen LogP contribution in [0.15, 0.2) is 29.6 Å². The van der Waals surface area contributed by atoms with Crippen molar-refractivity contribution in [1.29, 1.82) is 0 Å².